The predicted octanol–water partition coefficient (Wildman–Crippen LogP) is -0.882. The molecule has 2 fully saturated rings. The Morgan fingerprint density at radius 1 is 1.56 bits per heavy atom. The molecular weight excluding hydrogens is 236 g/mol. The van der Waals surface area contributed by atoms with Crippen LogP contribution in [0.1, 0.15) is 20.3 Å². The van der Waals surface area contributed by atoms with Crippen molar-refractivity contribution in [3.05, 3.63) is 0 Å². The molecule has 4 atom stereocenters. The van der Waals surface area contributed by atoms with Crippen LogP contribution in [-0.4, -0.2) is 59.8 Å². The number of piperazine rings is 1. The van der Waals surface area contributed by atoms with Crippen LogP contribution in [0.4, 0.5) is 0 Å². The van der Waals surface area contributed by atoms with Gasteiger partial charge in [0.05, 0.1) is 25.3 Å². The topological polar surface area (TPSA) is 78.9 Å². The molecule has 2 heterocycles. The maximum atomic E-state index is 12.4. The van der Waals surface area contributed by atoms with Gasteiger partial charge < -0.3 is 20.1 Å². The second-order valence-electron chi connectivity index (χ2n) is 5.28. The SMILES string of the molecule is COC(=O)[C@@H]1C[C@@H](O)[C@H]2CN[C@H](C(C)C)C(=O)N21. The average molecular weight is 256 g/mol. The van der Waals surface area contributed by atoms with E-state index >= 15 is 0 Å². The molecule has 0 radical (unpaired) electrons. The molecule has 1 amide bonds. The van der Waals surface area contributed by atoms with E-state index in [0.717, 1.165) is 0 Å². The van der Waals surface area contributed by atoms with E-state index in [1.54, 1.807) is 0 Å². The summed E-state index contributed by atoms with van der Waals surface area (Å²) >= 11 is 0. The van der Waals surface area contributed by atoms with Crippen LogP contribution in [0.15, 0.2) is 0 Å². The number of hydrogen-bond donors (Lipinski definition) is 2. The molecule has 0 spiro atoms. The zero-order chi connectivity index (χ0) is 13.4. The van der Waals surface area contributed by atoms with Gasteiger partial charge in [-0.05, 0) is 5.92 Å². The Bertz CT molecular complexity index is 358. The Kier molecular flexibility index (Phi) is 3.59. The number of methoxy groups -OCH3 is 1. The number of aliphatic hydroxyl groups excluding tert-OH is 1. The van der Waals surface area contributed by atoms with Gasteiger partial charge in [0.15, 0.2) is 0 Å². The maximum absolute atomic E-state index is 12.4. The molecule has 0 aromatic heterocycles. The van der Waals surface area contributed by atoms with E-state index in [1.165, 1.54) is 12.0 Å². The van der Waals surface area contributed by atoms with Crippen molar-refractivity contribution in [2.24, 2.45) is 5.92 Å². The van der Waals surface area contributed by atoms with Gasteiger partial charge in [-0.1, -0.05) is 13.8 Å². The van der Waals surface area contributed by atoms with Crippen LogP contribution in [0.3, 0.4) is 0 Å². The van der Waals surface area contributed by atoms with Crippen molar-refractivity contribution >= 4 is 11.9 Å². The number of carbonyl (C=O) groups excluding carboxylic acids is 2. The van der Waals surface area contributed by atoms with Crippen LogP contribution in [-0.2, 0) is 14.3 Å². The Morgan fingerprint density at radius 3 is 2.78 bits per heavy atom. The fraction of sp³-hybridized carbons (Fsp3) is 0.833. The van der Waals surface area contributed by atoms with Gasteiger partial charge in [-0.25, -0.2) is 4.79 Å². The third-order valence-corrected chi connectivity index (χ3v) is 3.81. The highest BCUT2D eigenvalue weighted by molar-refractivity contribution is 5.89. The van der Waals surface area contributed by atoms with E-state index in [9.17, 15) is 14.7 Å². The van der Waals surface area contributed by atoms with Crippen LogP contribution < -0.4 is 5.32 Å². The number of rotatable bonds is 2. The molecule has 6 nitrogen and oxygen atoms in total. The summed E-state index contributed by atoms with van der Waals surface area (Å²) in [6.45, 7) is 4.42. The minimum atomic E-state index is -0.668. The van der Waals surface area contributed by atoms with Crippen LogP contribution in [0.5, 0.6) is 0 Å². The van der Waals surface area contributed by atoms with Crippen molar-refractivity contribution in [3.63, 3.8) is 0 Å². The van der Waals surface area contributed by atoms with E-state index in [1.807, 2.05) is 13.8 Å². The van der Waals surface area contributed by atoms with Gasteiger partial charge >= 0.3 is 5.97 Å². The Hall–Kier alpha value is -1.14. The average Bonchev–Trinajstić information content (AvgIpc) is 2.67. The molecular formula is C12H20N2O4. The van der Waals surface area contributed by atoms with Crippen molar-refractivity contribution in [1.29, 1.82) is 0 Å². The first-order chi connectivity index (χ1) is 8.47. The summed E-state index contributed by atoms with van der Waals surface area (Å²) in [6, 6.07) is -1.26. The summed E-state index contributed by atoms with van der Waals surface area (Å²) in [5, 5.41) is 13.1. The van der Waals surface area contributed by atoms with Crippen molar-refractivity contribution in [2.75, 3.05) is 13.7 Å². The van der Waals surface area contributed by atoms with E-state index < -0.39 is 18.1 Å². The monoisotopic (exact) mass is 256 g/mol. The van der Waals surface area contributed by atoms with E-state index in [-0.39, 0.29) is 30.3 Å². The number of hydrogen-bond acceptors (Lipinski definition) is 5. The molecule has 0 bridgehead atoms. The third-order valence-electron chi connectivity index (χ3n) is 3.81. The summed E-state index contributed by atoms with van der Waals surface area (Å²) in [6.07, 6.45) is -0.408. The van der Waals surface area contributed by atoms with Crippen molar-refractivity contribution in [3.8, 4) is 0 Å². The second-order valence-corrected chi connectivity index (χ2v) is 5.28. The summed E-state index contributed by atoms with van der Waals surface area (Å²) in [5.41, 5.74) is 0. The van der Waals surface area contributed by atoms with Gasteiger partial charge in [0.1, 0.15) is 6.04 Å². The number of nitrogens with zero attached hydrogens (tertiary/aromatic N) is 1. The quantitative estimate of drug-likeness (QED) is 0.627. The molecule has 0 aromatic rings. The molecule has 102 valence electrons. The number of esters is 1. The van der Waals surface area contributed by atoms with Crippen LogP contribution >= 0.6 is 0 Å². The number of carbonyl (C=O) groups is 2. The number of nitrogens with one attached hydrogen (secondary N) is 1. The van der Waals surface area contributed by atoms with Gasteiger partial charge in [0.2, 0.25) is 5.91 Å². The molecule has 2 N–H and O–H groups in total. The third kappa shape index (κ3) is 1.99. The number of amides is 1. The number of fused-ring (bicyclic) bond motifs is 1. The molecule has 2 aliphatic rings. The highest BCUT2D eigenvalue weighted by atomic mass is 16.5. The zero-order valence-corrected chi connectivity index (χ0v) is 10.9. The summed E-state index contributed by atoms with van der Waals surface area (Å²) < 4.78 is 4.71. The minimum Gasteiger partial charge on any atom is -0.467 e. The standard InChI is InChI=1S/C12H20N2O4/c1-6(2)10-11(16)14-7(12(17)18-3)4-9(15)8(14)5-13-10/h6-10,13,15H,4-5H2,1-3H3/t7-,8+,9+,10+/m0/s1. The molecule has 18 heavy (non-hydrogen) atoms. The van der Waals surface area contributed by atoms with E-state index in [4.69, 9.17) is 4.74 Å². The molecule has 0 aliphatic carbocycles. The fourth-order valence-corrected chi connectivity index (χ4v) is 2.83. The Morgan fingerprint density at radius 2 is 2.22 bits per heavy atom. The van der Waals surface area contributed by atoms with Gasteiger partial charge in [-0.15, -0.1) is 0 Å². The van der Waals surface area contributed by atoms with Gasteiger partial charge in [0.25, 0.3) is 0 Å². The largest absolute Gasteiger partial charge is 0.467 e. The molecule has 2 aliphatic heterocycles. The Labute approximate surface area is 106 Å². The smallest absolute Gasteiger partial charge is 0.328 e. The minimum absolute atomic E-state index is 0.117. The van der Waals surface area contributed by atoms with Crippen LogP contribution in [0.2, 0.25) is 0 Å². The first-order valence-electron chi connectivity index (χ1n) is 6.28. The van der Waals surface area contributed by atoms with Crippen molar-refractivity contribution < 1.29 is 19.4 Å². The molecule has 6 heteroatoms. The normalized spacial score (nSPS) is 35.8. The Balaban J connectivity index is 2.23. The lowest BCUT2D eigenvalue weighted by molar-refractivity contribution is -0.155. The maximum Gasteiger partial charge on any atom is 0.328 e. The van der Waals surface area contributed by atoms with Crippen LogP contribution in [0, 0.1) is 5.92 Å². The fourth-order valence-electron chi connectivity index (χ4n) is 2.83. The lowest BCUT2D eigenvalue weighted by Crippen LogP contribution is -2.63. The summed E-state index contributed by atoms with van der Waals surface area (Å²) in [4.78, 5) is 25.6. The van der Waals surface area contributed by atoms with E-state index in [2.05, 4.69) is 5.32 Å². The van der Waals surface area contributed by atoms with Gasteiger partial charge in [-0.3, -0.25) is 4.79 Å². The lowest BCUT2D eigenvalue weighted by Gasteiger charge is -2.39. The first kappa shape index (κ1) is 13.3. The van der Waals surface area contributed by atoms with E-state index in [0.29, 0.717) is 6.54 Å². The van der Waals surface area contributed by atoms with Gasteiger partial charge in [-0.2, -0.15) is 0 Å². The highest BCUT2D eigenvalue weighted by Crippen LogP contribution is 2.29. The highest BCUT2D eigenvalue weighted by Gasteiger charge is 2.51. The molecule has 2 saturated heterocycles. The summed E-state index contributed by atoms with van der Waals surface area (Å²) in [7, 11) is 1.30. The van der Waals surface area contributed by atoms with Crippen molar-refractivity contribution in [1.82, 2.24) is 10.2 Å². The summed E-state index contributed by atoms with van der Waals surface area (Å²) in [5.74, 6) is -0.419. The number of ether oxygens (including phenoxy) is 1. The molecule has 0 saturated carbocycles. The van der Waals surface area contributed by atoms with Crippen molar-refractivity contribution in [2.45, 2.75) is 44.5 Å². The number of aliphatic hydroxyl groups is 1. The van der Waals surface area contributed by atoms with Gasteiger partial charge in [0, 0.05) is 13.0 Å². The van der Waals surface area contributed by atoms with Crippen LogP contribution in [0.25, 0.3) is 0 Å². The second kappa shape index (κ2) is 4.85. The zero-order valence-electron chi connectivity index (χ0n) is 10.9. The molecule has 0 unspecified atom stereocenters. The first-order valence-corrected chi connectivity index (χ1v) is 6.28. The molecule has 0 aromatic carbocycles. The predicted molar refractivity (Wildman–Crippen MR) is 63.7 cm³/mol. The molecule has 2 rings (SSSR count). The lowest BCUT2D eigenvalue weighted by atomic mass is 9.98.